The van der Waals surface area contributed by atoms with Gasteiger partial charge in [0, 0.05) is 11.6 Å². The lowest BCUT2D eigenvalue weighted by atomic mass is 10.2. The number of phenolic OH excluding ortho intramolecular Hbond substituents is 1. The Bertz CT molecular complexity index is 701. The molecule has 0 bridgehead atoms. The van der Waals surface area contributed by atoms with Crippen molar-refractivity contribution in [2.75, 3.05) is 12.0 Å². The smallest absolute Gasteiger partial charge is 0.294 e. The molecule has 0 unspecified atom stereocenters. The molecule has 7 nitrogen and oxygen atoms in total. The van der Waals surface area contributed by atoms with Crippen LogP contribution in [0.15, 0.2) is 47.6 Å². The molecule has 0 heterocycles. The van der Waals surface area contributed by atoms with Crippen molar-refractivity contribution in [1.29, 1.82) is 0 Å². The second-order valence-corrected chi connectivity index (χ2v) is 4.27. The van der Waals surface area contributed by atoms with Gasteiger partial charge in [-0.15, -0.1) is 0 Å². The molecule has 0 radical (unpaired) electrons. The van der Waals surface area contributed by atoms with Gasteiger partial charge in [0.25, 0.3) is 5.69 Å². The van der Waals surface area contributed by atoms with Crippen LogP contribution in [0.25, 0.3) is 0 Å². The fraction of sp³-hybridized carbons (Fsp3) is 0.133. The fourth-order valence-electron chi connectivity index (χ4n) is 1.81. The van der Waals surface area contributed by atoms with Crippen LogP contribution in [0.5, 0.6) is 11.5 Å². The van der Waals surface area contributed by atoms with E-state index in [4.69, 9.17) is 4.74 Å². The minimum absolute atomic E-state index is 0.0301. The number of hydrazone groups is 1. The first-order valence-electron chi connectivity index (χ1n) is 6.60. The Morgan fingerprint density at radius 2 is 2.09 bits per heavy atom. The summed E-state index contributed by atoms with van der Waals surface area (Å²) in [6.07, 6.45) is 1.37. The molecule has 2 rings (SSSR count). The van der Waals surface area contributed by atoms with Gasteiger partial charge in [-0.1, -0.05) is 18.2 Å². The Hall–Kier alpha value is -3.09. The van der Waals surface area contributed by atoms with Gasteiger partial charge in [0.15, 0.2) is 11.5 Å². The largest absolute Gasteiger partial charge is 0.504 e. The molecule has 2 aromatic carbocycles. The number of phenols is 1. The normalized spacial score (nSPS) is 10.6. The van der Waals surface area contributed by atoms with Gasteiger partial charge in [-0.2, -0.15) is 5.10 Å². The summed E-state index contributed by atoms with van der Waals surface area (Å²) in [6, 6.07) is 11.2. The lowest BCUT2D eigenvalue weighted by molar-refractivity contribution is -0.384. The highest BCUT2D eigenvalue weighted by Crippen LogP contribution is 2.28. The minimum atomic E-state index is -0.495. The first-order chi connectivity index (χ1) is 10.6. The lowest BCUT2D eigenvalue weighted by Crippen LogP contribution is -1.97. The fourth-order valence-corrected chi connectivity index (χ4v) is 1.81. The maximum absolute atomic E-state index is 10.9. The summed E-state index contributed by atoms with van der Waals surface area (Å²) >= 11 is 0. The highest BCUT2D eigenvalue weighted by Gasteiger charge is 2.11. The number of benzene rings is 2. The lowest BCUT2D eigenvalue weighted by Gasteiger charge is -2.07. The van der Waals surface area contributed by atoms with E-state index >= 15 is 0 Å². The third-order valence-electron chi connectivity index (χ3n) is 2.82. The number of nitro benzene ring substituents is 1. The third-order valence-corrected chi connectivity index (χ3v) is 2.82. The quantitative estimate of drug-likeness (QED) is 0.485. The average Bonchev–Trinajstić information content (AvgIpc) is 2.51. The molecule has 114 valence electrons. The summed E-state index contributed by atoms with van der Waals surface area (Å²) in [6.45, 7) is 2.25. The Morgan fingerprint density at radius 3 is 2.82 bits per heavy atom. The van der Waals surface area contributed by atoms with Crippen LogP contribution in [0.1, 0.15) is 12.5 Å². The van der Waals surface area contributed by atoms with E-state index in [9.17, 15) is 15.2 Å². The number of aromatic hydroxyl groups is 1. The van der Waals surface area contributed by atoms with Crippen LogP contribution in [0.2, 0.25) is 0 Å². The third kappa shape index (κ3) is 3.51. The topological polar surface area (TPSA) is 97.0 Å². The molecule has 0 saturated heterocycles. The molecule has 0 spiro atoms. The molecular formula is C15H15N3O4. The SMILES string of the molecule is CCOc1cccc(/C=N\Nc2ccccc2[N+](=O)[O-])c1O. The van der Waals surface area contributed by atoms with Gasteiger partial charge in [-0.05, 0) is 25.1 Å². The summed E-state index contributed by atoms with van der Waals surface area (Å²) in [5, 5.41) is 24.8. The predicted octanol–water partition coefficient (Wildman–Crippen LogP) is 3.15. The zero-order valence-electron chi connectivity index (χ0n) is 11.9. The van der Waals surface area contributed by atoms with Crippen molar-refractivity contribution >= 4 is 17.6 Å². The Labute approximate surface area is 127 Å². The standard InChI is InChI=1S/C15H15N3O4/c1-2-22-14-9-5-6-11(15(14)19)10-16-17-12-7-3-4-8-13(12)18(20)21/h3-10,17,19H,2H2,1H3/b16-10-. The van der Waals surface area contributed by atoms with Crippen molar-refractivity contribution in [2.24, 2.45) is 5.10 Å². The van der Waals surface area contributed by atoms with Crippen LogP contribution in [-0.2, 0) is 0 Å². The molecule has 0 aromatic heterocycles. The number of hydrogen-bond acceptors (Lipinski definition) is 6. The summed E-state index contributed by atoms with van der Waals surface area (Å²) in [7, 11) is 0. The second kappa shape index (κ2) is 7.07. The molecule has 0 saturated carbocycles. The van der Waals surface area contributed by atoms with Crippen LogP contribution < -0.4 is 10.2 Å². The number of anilines is 1. The van der Waals surface area contributed by atoms with E-state index in [0.29, 0.717) is 17.9 Å². The first-order valence-corrected chi connectivity index (χ1v) is 6.60. The van der Waals surface area contributed by atoms with Gasteiger partial charge in [0.05, 0.1) is 17.7 Å². The minimum Gasteiger partial charge on any atom is -0.504 e. The number of hydrogen-bond donors (Lipinski definition) is 2. The van der Waals surface area contributed by atoms with E-state index in [1.807, 2.05) is 6.92 Å². The summed E-state index contributed by atoms with van der Waals surface area (Å²) < 4.78 is 5.27. The maximum atomic E-state index is 10.9. The molecular weight excluding hydrogens is 286 g/mol. The van der Waals surface area contributed by atoms with Gasteiger partial charge in [0.1, 0.15) is 5.69 Å². The summed E-state index contributed by atoms with van der Waals surface area (Å²) in [5.74, 6) is 0.328. The summed E-state index contributed by atoms with van der Waals surface area (Å²) in [4.78, 5) is 10.4. The maximum Gasteiger partial charge on any atom is 0.294 e. The number of nitrogens with one attached hydrogen (secondary N) is 1. The van der Waals surface area contributed by atoms with Crippen molar-refractivity contribution in [2.45, 2.75) is 6.92 Å². The van der Waals surface area contributed by atoms with Crippen molar-refractivity contribution in [1.82, 2.24) is 0 Å². The van der Waals surface area contributed by atoms with E-state index in [1.54, 1.807) is 36.4 Å². The monoisotopic (exact) mass is 301 g/mol. The zero-order chi connectivity index (χ0) is 15.9. The number of rotatable bonds is 6. The molecule has 7 heteroatoms. The molecule has 22 heavy (non-hydrogen) atoms. The molecule has 0 aliphatic rings. The number of nitro groups is 1. The van der Waals surface area contributed by atoms with Crippen molar-refractivity contribution in [3.8, 4) is 11.5 Å². The second-order valence-electron chi connectivity index (χ2n) is 4.27. The van der Waals surface area contributed by atoms with Crippen molar-refractivity contribution < 1.29 is 14.8 Å². The molecule has 0 aliphatic heterocycles. The van der Waals surface area contributed by atoms with Gasteiger partial charge in [-0.25, -0.2) is 0 Å². The van der Waals surface area contributed by atoms with Crippen LogP contribution >= 0.6 is 0 Å². The van der Waals surface area contributed by atoms with Crippen LogP contribution in [0, 0.1) is 10.1 Å². The first kappa shape index (κ1) is 15.3. The van der Waals surface area contributed by atoms with Gasteiger partial charge >= 0.3 is 0 Å². The highest BCUT2D eigenvalue weighted by atomic mass is 16.6. The summed E-state index contributed by atoms with van der Waals surface area (Å²) in [5.41, 5.74) is 3.23. The van der Waals surface area contributed by atoms with E-state index in [1.165, 1.54) is 12.3 Å². The average molecular weight is 301 g/mol. The Balaban J connectivity index is 2.17. The Morgan fingerprint density at radius 1 is 1.32 bits per heavy atom. The number of nitrogens with zero attached hydrogens (tertiary/aromatic N) is 2. The molecule has 0 fully saturated rings. The number of ether oxygens (including phenoxy) is 1. The highest BCUT2D eigenvalue weighted by molar-refractivity contribution is 5.85. The number of para-hydroxylation sites is 3. The van der Waals surface area contributed by atoms with Crippen molar-refractivity contribution in [3.63, 3.8) is 0 Å². The van der Waals surface area contributed by atoms with E-state index in [2.05, 4.69) is 10.5 Å². The molecule has 2 aromatic rings. The van der Waals surface area contributed by atoms with Gasteiger partial charge in [0.2, 0.25) is 0 Å². The van der Waals surface area contributed by atoms with Crippen LogP contribution in [-0.4, -0.2) is 22.9 Å². The van der Waals surface area contributed by atoms with Crippen LogP contribution in [0.4, 0.5) is 11.4 Å². The molecule has 2 N–H and O–H groups in total. The van der Waals surface area contributed by atoms with Gasteiger partial charge in [-0.3, -0.25) is 15.5 Å². The van der Waals surface area contributed by atoms with E-state index < -0.39 is 4.92 Å². The molecule has 0 aliphatic carbocycles. The van der Waals surface area contributed by atoms with Gasteiger partial charge < -0.3 is 9.84 Å². The van der Waals surface area contributed by atoms with E-state index in [0.717, 1.165) is 0 Å². The zero-order valence-corrected chi connectivity index (χ0v) is 11.9. The predicted molar refractivity (Wildman–Crippen MR) is 83.6 cm³/mol. The van der Waals surface area contributed by atoms with E-state index in [-0.39, 0.29) is 17.1 Å². The molecule has 0 amide bonds. The molecule has 0 atom stereocenters. The van der Waals surface area contributed by atoms with Crippen molar-refractivity contribution in [3.05, 3.63) is 58.1 Å². The Kier molecular flexibility index (Phi) is 4.92. The van der Waals surface area contributed by atoms with Crippen LogP contribution in [0.3, 0.4) is 0 Å².